The number of β-amino-alcohol motifs (C(OH)–C–C–N with tert-alkyl or cyclic N) is 1. The number of hydrogen-bond acceptors (Lipinski definition) is 5. The van der Waals surface area contributed by atoms with Crippen LogP contribution in [-0.2, 0) is 11.3 Å². The molecule has 2 aromatic rings. The maximum Gasteiger partial charge on any atom is 0.138 e. The van der Waals surface area contributed by atoms with Crippen LogP contribution in [0.25, 0.3) is 0 Å². The van der Waals surface area contributed by atoms with Gasteiger partial charge in [-0.25, -0.2) is 0 Å². The molecule has 30 heavy (non-hydrogen) atoms. The molecule has 0 bridgehead atoms. The van der Waals surface area contributed by atoms with E-state index >= 15 is 0 Å². The maximum atomic E-state index is 11.1. The summed E-state index contributed by atoms with van der Waals surface area (Å²) in [6, 6.07) is 13.8. The topological polar surface area (TPSA) is 51.2 Å². The lowest BCUT2D eigenvalue weighted by atomic mass is 9.93. The van der Waals surface area contributed by atoms with Crippen LogP contribution in [0.1, 0.15) is 30.9 Å². The van der Waals surface area contributed by atoms with Crippen LogP contribution in [0.5, 0.6) is 11.5 Å². The second-order valence-electron chi connectivity index (χ2n) is 7.95. The van der Waals surface area contributed by atoms with Crippen LogP contribution in [0.2, 0.25) is 5.02 Å². The summed E-state index contributed by atoms with van der Waals surface area (Å²) in [5.41, 5.74) is 1.39. The van der Waals surface area contributed by atoms with Crippen LogP contribution < -0.4 is 9.47 Å². The minimum absolute atomic E-state index is 0.235. The molecule has 0 aromatic heterocycles. The van der Waals surface area contributed by atoms with Gasteiger partial charge in [-0.15, -0.1) is 0 Å². The second-order valence-corrected chi connectivity index (χ2v) is 8.36. The molecule has 1 atom stereocenters. The Morgan fingerprint density at radius 1 is 1.10 bits per heavy atom. The van der Waals surface area contributed by atoms with Gasteiger partial charge in [-0.2, -0.15) is 0 Å². The number of benzene rings is 2. The highest BCUT2D eigenvalue weighted by molar-refractivity contribution is 6.32. The summed E-state index contributed by atoms with van der Waals surface area (Å²) in [7, 11) is 0. The van der Waals surface area contributed by atoms with Crippen LogP contribution in [0.3, 0.4) is 0 Å². The van der Waals surface area contributed by atoms with Gasteiger partial charge in [-0.1, -0.05) is 29.8 Å². The maximum absolute atomic E-state index is 11.1. The Kier molecular flexibility index (Phi) is 8.40. The quantitative estimate of drug-likeness (QED) is 0.560. The number of hydrogen-bond donors (Lipinski definition) is 1. The fourth-order valence-corrected chi connectivity index (χ4v) is 3.88. The lowest BCUT2D eigenvalue weighted by Crippen LogP contribution is -2.51. The van der Waals surface area contributed by atoms with E-state index in [1.165, 1.54) is 5.56 Å². The van der Waals surface area contributed by atoms with Crippen LogP contribution in [0.4, 0.5) is 0 Å². The summed E-state index contributed by atoms with van der Waals surface area (Å²) in [4.78, 5) is 2.27. The van der Waals surface area contributed by atoms with Crippen molar-refractivity contribution >= 4 is 11.6 Å². The van der Waals surface area contributed by atoms with Gasteiger partial charge in [0.2, 0.25) is 0 Å². The Bertz CT molecular complexity index is 798. The monoisotopic (exact) mass is 433 g/mol. The van der Waals surface area contributed by atoms with E-state index in [2.05, 4.69) is 17.0 Å². The first-order valence-corrected chi connectivity index (χ1v) is 11.0. The highest BCUT2D eigenvalue weighted by Gasteiger charge is 2.34. The molecule has 0 unspecified atom stereocenters. The number of nitrogens with zero attached hydrogens (tertiary/aromatic N) is 1. The van der Waals surface area contributed by atoms with E-state index in [-0.39, 0.29) is 6.61 Å². The van der Waals surface area contributed by atoms with Gasteiger partial charge in [-0.05, 0) is 68.6 Å². The summed E-state index contributed by atoms with van der Waals surface area (Å²) < 4.78 is 16.9. The van der Waals surface area contributed by atoms with Crippen molar-refractivity contribution in [2.24, 2.45) is 0 Å². The highest BCUT2D eigenvalue weighted by Crippen LogP contribution is 2.29. The summed E-state index contributed by atoms with van der Waals surface area (Å²) in [6.45, 7) is 8.37. The Hall–Kier alpha value is -1.79. The third-order valence-electron chi connectivity index (χ3n) is 5.25. The van der Waals surface area contributed by atoms with Crippen molar-refractivity contribution in [3.05, 3.63) is 58.6 Å². The van der Waals surface area contributed by atoms with E-state index in [0.29, 0.717) is 37.1 Å². The average molecular weight is 434 g/mol. The Morgan fingerprint density at radius 2 is 1.90 bits per heavy atom. The number of piperidine rings is 1. The summed E-state index contributed by atoms with van der Waals surface area (Å²) in [5, 5.41) is 11.7. The lowest BCUT2D eigenvalue weighted by molar-refractivity contribution is -0.0620. The largest absolute Gasteiger partial charge is 0.491 e. The number of aliphatic hydroxyl groups is 1. The number of aryl methyl sites for hydroxylation is 1. The van der Waals surface area contributed by atoms with Gasteiger partial charge in [-0.3, -0.25) is 4.90 Å². The van der Waals surface area contributed by atoms with E-state index < -0.39 is 5.60 Å². The van der Waals surface area contributed by atoms with Crippen LogP contribution >= 0.6 is 11.6 Å². The molecule has 1 fully saturated rings. The Morgan fingerprint density at radius 3 is 2.67 bits per heavy atom. The van der Waals surface area contributed by atoms with Crippen LogP contribution in [0, 0.1) is 6.92 Å². The third-order valence-corrected chi connectivity index (χ3v) is 5.56. The molecular formula is C24H32ClNO4. The molecule has 0 spiro atoms. The Labute approximate surface area is 184 Å². The predicted molar refractivity (Wildman–Crippen MR) is 120 cm³/mol. The van der Waals surface area contributed by atoms with Gasteiger partial charge in [0.25, 0.3) is 0 Å². The van der Waals surface area contributed by atoms with Crippen molar-refractivity contribution in [1.29, 1.82) is 0 Å². The van der Waals surface area contributed by atoms with E-state index in [1.807, 2.05) is 44.2 Å². The van der Waals surface area contributed by atoms with E-state index in [0.717, 1.165) is 37.2 Å². The standard InChI is InChI=1S/C24H32ClNO4/c1-3-28-13-14-29-21-8-6-20(7-9-21)16-26-12-4-11-24(27,17-26)18-30-23-15-19(2)5-10-22(23)25/h5-10,15,27H,3-4,11-14,16-18H2,1-2H3/t24-/m1/s1. The second kappa shape index (κ2) is 11.0. The molecule has 0 aliphatic carbocycles. The third kappa shape index (κ3) is 6.88. The van der Waals surface area contributed by atoms with Crippen molar-refractivity contribution in [2.75, 3.05) is 39.5 Å². The molecule has 0 radical (unpaired) electrons. The summed E-state index contributed by atoms with van der Waals surface area (Å²) in [6.07, 6.45) is 1.65. The first-order chi connectivity index (χ1) is 14.5. The van der Waals surface area contributed by atoms with Crippen LogP contribution in [-0.4, -0.2) is 55.1 Å². The molecule has 1 aliphatic rings. The van der Waals surface area contributed by atoms with Gasteiger partial charge >= 0.3 is 0 Å². The zero-order valence-corrected chi connectivity index (χ0v) is 18.7. The number of likely N-dealkylation sites (tertiary alicyclic amines) is 1. The molecule has 164 valence electrons. The average Bonchev–Trinajstić information content (AvgIpc) is 2.73. The molecule has 6 heteroatoms. The van der Waals surface area contributed by atoms with Gasteiger partial charge in [0, 0.05) is 19.7 Å². The van der Waals surface area contributed by atoms with Crippen molar-refractivity contribution in [3.8, 4) is 11.5 Å². The number of rotatable bonds is 10. The molecule has 1 heterocycles. The van der Waals surface area contributed by atoms with Crippen molar-refractivity contribution in [1.82, 2.24) is 4.90 Å². The first kappa shape index (κ1) is 22.9. The van der Waals surface area contributed by atoms with E-state index in [4.69, 9.17) is 25.8 Å². The zero-order chi connectivity index (χ0) is 21.4. The van der Waals surface area contributed by atoms with Gasteiger partial charge in [0.1, 0.15) is 30.3 Å². The highest BCUT2D eigenvalue weighted by atomic mass is 35.5. The molecule has 1 aliphatic heterocycles. The van der Waals surface area contributed by atoms with Crippen molar-refractivity contribution in [3.63, 3.8) is 0 Å². The normalized spacial score (nSPS) is 19.6. The molecule has 1 N–H and O–H groups in total. The summed E-state index contributed by atoms with van der Waals surface area (Å²) in [5.74, 6) is 1.47. The van der Waals surface area contributed by atoms with Crippen molar-refractivity contribution < 1.29 is 19.3 Å². The minimum Gasteiger partial charge on any atom is -0.491 e. The molecule has 0 saturated carbocycles. The fraction of sp³-hybridized carbons (Fsp3) is 0.500. The van der Waals surface area contributed by atoms with E-state index in [1.54, 1.807) is 0 Å². The smallest absolute Gasteiger partial charge is 0.138 e. The van der Waals surface area contributed by atoms with Gasteiger partial charge in [0.15, 0.2) is 0 Å². The number of ether oxygens (including phenoxy) is 3. The molecule has 0 amide bonds. The summed E-state index contributed by atoms with van der Waals surface area (Å²) >= 11 is 6.22. The Balaban J connectivity index is 1.50. The minimum atomic E-state index is -0.881. The predicted octanol–water partition coefficient (Wildman–Crippen LogP) is 4.47. The molecule has 3 rings (SSSR count). The molecule has 1 saturated heterocycles. The SMILES string of the molecule is CCOCCOc1ccc(CN2CCC[C@](O)(COc3cc(C)ccc3Cl)C2)cc1. The fourth-order valence-electron chi connectivity index (χ4n) is 3.70. The van der Waals surface area contributed by atoms with E-state index in [9.17, 15) is 5.11 Å². The molecule has 2 aromatic carbocycles. The zero-order valence-electron chi connectivity index (χ0n) is 17.9. The van der Waals surface area contributed by atoms with Gasteiger partial charge in [0.05, 0.1) is 11.6 Å². The lowest BCUT2D eigenvalue weighted by Gasteiger charge is -2.39. The molecular weight excluding hydrogens is 402 g/mol. The number of halogens is 1. The molecule has 5 nitrogen and oxygen atoms in total. The van der Waals surface area contributed by atoms with Crippen molar-refractivity contribution in [2.45, 2.75) is 38.8 Å². The van der Waals surface area contributed by atoms with Gasteiger partial charge < -0.3 is 19.3 Å². The first-order valence-electron chi connectivity index (χ1n) is 10.6. The van der Waals surface area contributed by atoms with Crippen LogP contribution in [0.15, 0.2) is 42.5 Å².